The summed E-state index contributed by atoms with van der Waals surface area (Å²) < 4.78 is 0. The van der Waals surface area contributed by atoms with E-state index < -0.39 is 6.10 Å². The Bertz CT molecular complexity index is 469. The highest BCUT2D eigenvalue weighted by molar-refractivity contribution is 5.50. The summed E-state index contributed by atoms with van der Waals surface area (Å²) in [6.45, 7) is 14.1. The number of aliphatic hydroxyl groups is 2. The summed E-state index contributed by atoms with van der Waals surface area (Å²) in [5.41, 5.74) is 2.54. The minimum Gasteiger partial charge on any atom is -0.507 e. The number of phenols is 1. The van der Waals surface area contributed by atoms with Crippen molar-refractivity contribution in [1.29, 1.82) is 0 Å². The fourth-order valence-corrected chi connectivity index (χ4v) is 2.65. The molecule has 0 saturated carbocycles. The Morgan fingerprint density at radius 1 is 0.955 bits per heavy atom. The molecule has 0 aliphatic carbocycles. The molecule has 3 heteroatoms. The van der Waals surface area contributed by atoms with Gasteiger partial charge in [0.05, 0.1) is 6.10 Å². The second kappa shape index (κ2) is 6.59. The quantitative estimate of drug-likeness (QED) is 0.797. The first kappa shape index (κ1) is 19.0. The second-order valence-electron chi connectivity index (χ2n) is 8.43. The molecular formula is C19H32O3. The molecule has 1 aromatic rings. The van der Waals surface area contributed by atoms with E-state index in [1.807, 2.05) is 12.1 Å². The molecule has 0 aromatic heterocycles. The van der Waals surface area contributed by atoms with Gasteiger partial charge in [0.15, 0.2) is 0 Å². The Hall–Kier alpha value is -1.06. The fraction of sp³-hybridized carbons (Fsp3) is 0.684. The first-order valence-corrected chi connectivity index (χ1v) is 8.03. The molecule has 0 fully saturated rings. The molecule has 0 aliphatic rings. The lowest BCUT2D eigenvalue weighted by Gasteiger charge is -2.29. The van der Waals surface area contributed by atoms with Gasteiger partial charge in [0.25, 0.3) is 0 Å². The number of benzene rings is 1. The van der Waals surface area contributed by atoms with Crippen LogP contribution in [0.15, 0.2) is 12.1 Å². The molecule has 22 heavy (non-hydrogen) atoms. The third-order valence-electron chi connectivity index (χ3n) is 4.20. The molecule has 0 saturated heterocycles. The van der Waals surface area contributed by atoms with Crippen molar-refractivity contribution in [2.45, 2.75) is 71.8 Å². The summed E-state index contributed by atoms with van der Waals surface area (Å²) in [6.07, 6.45) is 0.0376. The zero-order valence-electron chi connectivity index (χ0n) is 15.1. The zero-order valence-corrected chi connectivity index (χ0v) is 15.1. The number of rotatable bonds is 4. The maximum absolute atomic E-state index is 10.7. The summed E-state index contributed by atoms with van der Waals surface area (Å²) in [5.74, 6) is 0.173. The van der Waals surface area contributed by atoms with Crippen LogP contribution in [0, 0.1) is 5.92 Å². The number of hydrogen-bond acceptors (Lipinski definition) is 3. The van der Waals surface area contributed by atoms with Crippen LogP contribution in [0.1, 0.15) is 65.2 Å². The van der Waals surface area contributed by atoms with Gasteiger partial charge in [-0.2, -0.15) is 0 Å². The standard InChI is InChI=1S/C19H32O3/c1-12(21)14(11-20)8-13-9-15(18(2,3)4)17(22)16(10-13)19(5,6)7/h9-10,12,14,20-22H,8,11H2,1-7H3. The zero-order chi connectivity index (χ0) is 17.3. The Kier molecular flexibility index (Phi) is 5.69. The van der Waals surface area contributed by atoms with Crippen molar-refractivity contribution in [2.75, 3.05) is 6.61 Å². The molecule has 0 aliphatic heterocycles. The summed E-state index contributed by atoms with van der Waals surface area (Å²) in [6, 6.07) is 4.02. The van der Waals surface area contributed by atoms with Gasteiger partial charge in [-0.05, 0) is 40.9 Å². The van der Waals surface area contributed by atoms with Crippen molar-refractivity contribution in [2.24, 2.45) is 5.92 Å². The molecule has 0 spiro atoms. The molecule has 0 radical (unpaired) electrons. The van der Waals surface area contributed by atoms with E-state index in [-0.39, 0.29) is 23.4 Å². The summed E-state index contributed by atoms with van der Waals surface area (Å²) in [5, 5.41) is 29.9. The Morgan fingerprint density at radius 2 is 1.36 bits per heavy atom. The maximum Gasteiger partial charge on any atom is 0.123 e. The van der Waals surface area contributed by atoms with E-state index >= 15 is 0 Å². The number of aromatic hydroxyl groups is 1. The van der Waals surface area contributed by atoms with E-state index in [9.17, 15) is 15.3 Å². The third-order valence-corrected chi connectivity index (χ3v) is 4.20. The van der Waals surface area contributed by atoms with E-state index in [0.29, 0.717) is 12.2 Å². The largest absolute Gasteiger partial charge is 0.507 e. The van der Waals surface area contributed by atoms with Crippen LogP contribution in [0.4, 0.5) is 0 Å². The first-order valence-electron chi connectivity index (χ1n) is 8.03. The molecule has 2 atom stereocenters. The van der Waals surface area contributed by atoms with E-state index in [4.69, 9.17) is 0 Å². The van der Waals surface area contributed by atoms with Gasteiger partial charge in [0, 0.05) is 12.5 Å². The first-order chi connectivity index (χ1) is 9.87. The predicted molar refractivity (Wildman–Crippen MR) is 91.5 cm³/mol. The van der Waals surface area contributed by atoms with E-state index in [1.54, 1.807) is 6.92 Å². The van der Waals surface area contributed by atoms with Gasteiger partial charge in [0.1, 0.15) is 5.75 Å². The molecule has 2 unspecified atom stereocenters. The fourth-order valence-electron chi connectivity index (χ4n) is 2.65. The van der Waals surface area contributed by atoms with Gasteiger partial charge in [-0.15, -0.1) is 0 Å². The second-order valence-corrected chi connectivity index (χ2v) is 8.43. The SMILES string of the molecule is CC(O)C(CO)Cc1cc(C(C)(C)C)c(O)c(C(C)(C)C)c1. The molecule has 1 rings (SSSR count). The van der Waals surface area contributed by atoms with E-state index in [0.717, 1.165) is 16.7 Å². The average Bonchev–Trinajstić information content (AvgIpc) is 2.34. The van der Waals surface area contributed by atoms with Gasteiger partial charge >= 0.3 is 0 Å². The van der Waals surface area contributed by atoms with Gasteiger partial charge in [-0.3, -0.25) is 0 Å². The predicted octanol–water partition coefficient (Wildman–Crippen LogP) is 3.52. The highest BCUT2D eigenvalue weighted by Crippen LogP contribution is 2.40. The molecule has 3 nitrogen and oxygen atoms in total. The lowest BCUT2D eigenvalue weighted by Crippen LogP contribution is -2.24. The minimum atomic E-state index is -0.560. The van der Waals surface area contributed by atoms with Crippen LogP contribution in [0.3, 0.4) is 0 Å². The van der Waals surface area contributed by atoms with Crippen LogP contribution in [-0.2, 0) is 17.3 Å². The number of aliphatic hydroxyl groups excluding tert-OH is 2. The summed E-state index contributed by atoms with van der Waals surface area (Å²) in [7, 11) is 0. The number of hydrogen-bond donors (Lipinski definition) is 3. The molecule has 0 heterocycles. The highest BCUT2D eigenvalue weighted by atomic mass is 16.3. The number of phenolic OH excluding ortho intramolecular Hbond substituents is 1. The van der Waals surface area contributed by atoms with Crippen LogP contribution in [0.5, 0.6) is 5.75 Å². The van der Waals surface area contributed by atoms with Crippen LogP contribution >= 0.6 is 0 Å². The Morgan fingerprint density at radius 3 is 1.64 bits per heavy atom. The summed E-state index contributed by atoms with van der Waals surface area (Å²) >= 11 is 0. The van der Waals surface area contributed by atoms with E-state index in [2.05, 4.69) is 41.5 Å². The van der Waals surface area contributed by atoms with Crippen LogP contribution < -0.4 is 0 Å². The Balaban J connectivity index is 3.41. The Labute approximate surface area is 135 Å². The molecule has 1 aromatic carbocycles. The van der Waals surface area contributed by atoms with Crippen LogP contribution in [0.2, 0.25) is 0 Å². The molecule has 0 amide bonds. The van der Waals surface area contributed by atoms with Crippen LogP contribution in [-0.4, -0.2) is 28.0 Å². The third kappa shape index (κ3) is 4.47. The van der Waals surface area contributed by atoms with Crippen LogP contribution in [0.25, 0.3) is 0 Å². The maximum atomic E-state index is 10.7. The minimum absolute atomic E-state index is 0.0474. The lowest BCUT2D eigenvalue weighted by atomic mass is 9.77. The van der Waals surface area contributed by atoms with Crippen molar-refractivity contribution in [3.05, 3.63) is 28.8 Å². The van der Waals surface area contributed by atoms with Crippen molar-refractivity contribution in [3.63, 3.8) is 0 Å². The monoisotopic (exact) mass is 308 g/mol. The molecule has 0 bridgehead atoms. The van der Waals surface area contributed by atoms with Crippen molar-refractivity contribution < 1.29 is 15.3 Å². The van der Waals surface area contributed by atoms with Gasteiger partial charge in [0.2, 0.25) is 0 Å². The highest BCUT2D eigenvalue weighted by Gasteiger charge is 2.27. The smallest absolute Gasteiger partial charge is 0.123 e. The van der Waals surface area contributed by atoms with Gasteiger partial charge in [-0.25, -0.2) is 0 Å². The van der Waals surface area contributed by atoms with Gasteiger partial charge < -0.3 is 15.3 Å². The van der Waals surface area contributed by atoms with E-state index in [1.165, 1.54) is 0 Å². The molecule has 3 N–H and O–H groups in total. The van der Waals surface area contributed by atoms with Crippen molar-refractivity contribution >= 4 is 0 Å². The molecule has 126 valence electrons. The van der Waals surface area contributed by atoms with Gasteiger partial charge in [-0.1, -0.05) is 53.7 Å². The normalized spacial score (nSPS) is 15.7. The average molecular weight is 308 g/mol. The molecular weight excluding hydrogens is 276 g/mol. The van der Waals surface area contributed by atoms with Crippen molar-refractivity contribution in [3.8, 4) is 5.75 Å². The summed E-state index contributed by atoms with van der Waals surface area (Å²) in [4.78, 5) is 0. The van der Waals surface area contributed by atoms with Crippen molar-refractivity contribution in [1.82, 2.24) is 0 Å². The lowest BCUT2D eigenvalue weighted by molar-refractivity contribution is 0.0809. The topological polar surface area (TPSA) is 60.7 Å².